The van der Waals surface area contributed by atoms with E-state index in [1.54, 1.807) is 6.92 Å². The van der Waals surface area contributed by atoms with Gasteiger partial charge in [0.2, 0.25) is 10.0 Å². The summed E-state index contributed by atoms with van der Waals surface area (Å²) in [6.45, 7) is 1.97. The van der Waals surface area contributed by atoms with Crippen molar-refractivity contribution in [3.05, 3.63) is 18.2 Å². The lowest BCUT2D eigenvalue weighted by Gasteiger charge is -2.12. The minimum absolute atomic E-state index is 0.101. The zero-order chi connectivity index (χ0) is 13.8. The van der Waals surface area contributed by atoms with Crippen LogP contribution in [0.2, 0.25) is 0 Å². The van der Waals surface area contributed by atoms with Gasteiger partial charge in [-0.3, -0.25) is 0 Å². The van der Waals surface area contributed by atoms with E-state index in [1.807, 2.05) is 0 Å². The number of rotatable bonds is 6. The van der Waals surface area contributed by atoms with E-state index in [9.17, 15) is 8.42 Å². The van der Waals surface area contributed by atoms with Crippen LogP contribution in [0.3, 0.4) is 0 Å². The van der Waals surface area contributed by atoms with E-state index in [4.69, 9.17) is 15.2 Å². The van der Waals surface area contributed by atoms with Crippen molar-refractivity contribution in [1.29, 1.82) is 0 Å². The van der Waals surface area contributed by atoms with Crippen LogP contribution < -0.4 is 15.2 Å². The van der Waals surface area contributed by atoms with Gasteiger partial charge in [0.05, 0.1) is 23.8 Å². The molecule has 0 spiro atoms. The molecule has 1 rings (SSSR count). The van der Waals surface area contributed by atoms with Gasteiger partial charge in [0.15, 0.2) is 0 Å². The number of methoxy groups -OCH3 is 2. The summed E-state index contributed by atoms with van der Waals surface area (Å²) in [5, 5.41) is 0. The third-order valence-electron chi connectivity index (χ3n) is 2.47. The zero-order valence-electron chi connectivity index (χ0n) is 10.6. The fourth-order valence-electron chi connectivity index (χ4n) is 1.27. The van der Waals surface area contributed by atoms with Crippen LogP contribution in [0.1, 0.15) is 6.92 Å². The molecule has 1 unspecified atom stereocenters. The summed E-state index contributed by atoms with van der Waals surface area (Å²) in [6, 6.07) is 4.32. The lowest BCUT2D eigenvalue weighted by Crippen LogP contribution is -2.31. The third kappa shape index (κ3) is 3.59. The van der Waals surface area contributed by atoms with Crippen molar-refractivity contribution in [3.8, 4) is 5.75 Å². The van der Waals surface area contributed by atoms with Gasteiger partial charge in [0, 0.05) is 13.7 Å². The van der Waals surface area contributed by atoms with Crippen LogP contribution in [0.15, 0.2) is 23.1 Å². The Bertz CT molecular complexity index is 502. The molecule has 102 valence electrons. The molecule has 0 aliphatic rings. The van der Waals surface area contributed by atoms with E-state index in [0.717, 1.165) is 0 Å². The predicted octanol–water partition coefficient (Wildman–Crippen LogP) is 0.591. The number of ether oxygens (including phenoxy) is 2. The predicted molar refractivity (Wildman–Crippen MR) is 69.1 cm³/mol. The maximum Gasteiger partial charge on any atom is 0.240 e. The second-order valence-corrected chi connectivity index (χ2v) is 5.57. The number of nitrogens with two attached hydrogens (primary N) is 1. The number of benzene rings is 1. The molecule has 7 heteroatoms. The van der Waals surface area contributed by atoms with Crippen LogP contribution in [0.5, 0.6) is 5.75 Å². The van der Waals surface area contributed by atoms with Crippen molar-refractivity contribution in [2.45, 2.75) is 17.9 Å². The Hall–Kier alpha value is -1.31. The number of hydrogen-bond acceptors (Lipinski definition) is 5. The second-order valence-electron chi connectivity index (χ2n) is 3.80. The summed E-state index contributed by atoms with van der Waals surface area (Å²) in [4.78, 5) is 0.101. The lowest BCUT2D eigenvalue weighted by atomic mass is 10.3. The van der Waals surface area contributed by atoms with Crippen molar-refractivity contribution in [2.75, 3.05) is 26.5 Å². The molecule has 0 saturated heterocycles. The van der Waals surface area contributed by atoms with E-state index < -0.39 is 10.0 Å². The van der Waals surface area contributed by atoms with Crippen molar-refractivity contribution < 1.29 is 17.9 Å². The maximum atomic E-state index is 11.9. The van der Waals surface area contributed by atoms with Gasteiger partial charge in [-0.1, -0.05) is 0 Å². The highest BCUT2D eigenvalue weighted by Crippen LogP contribution is 2.24. The smallest absolute Gasteiger partial charge is 0.240 e. The summed E-state index contributed by atoms with van der Waals surface area (Å²) in [5.41, 5.74) is 5.95. The first-order valence-corrected chi connectivity index (χ1v) is 6.85. The van der Waals surface area contributed by atoms with Crippen LogP contribution in [0.4, 0.5) is 5.69 Å². The van der Waals surface area contributed by atoms with E-state index in [0.29, 0.717) is 5.75 Å². The highest BCUT2D eigenvalue weighted by Gasteiger charge is 2.16. The number of nitrogens with one attached hydrogen (secondary N) is 1. The largest absolute Gasteiger partial charge is 0.495 e. The quantitative estimate of drug-likeness (QED) is 0.741. The van der Waals surface area contributed by atoms with Crippen LogP contribution in [0.25, 0.3) is 0 Å². The molecule has 1 aromatic rings. The number of sulfonamides is 1. The van der Waals surface area contributed by atoms with Gasteiger partial charge in [0.25, 0.3) is 0 Å². The van der Waals surface area contributed by atoms with Crippen LogP contribution >= 0.6 is 0 Å². The summed E-state index contributed by atoms with van der Waals surface area (Å²) < 4.78 is 36.3. The Morgan fingerprint density at radius 2 is 2.06 bits per heavy atom. The Morgan fingerprint density at radius 1 is 1.39 bits per heavy atom. The fourth-order valence-corrected chi connectivity index (χ4v) is 2.42. The molecular formula is C11H18N2O4S. The molecule has 0 aliphatic heterocycles. The molecule has 0 bridgehead atoms. The summed E-state index contributed by atoms with van der Waals surface area (Å²) in [5.74, 6) is 0.444. The molecule has 0 aliphatic carbocycles. The average molecular weight is 274 g/mol. The zero-order valence-corrected chi connectivity index (χ0v) is 11.5. The van der Waals surface area contributed by atoms with Crippen molar-refractivity contribution in [2.24, 2.45) is 0 Å². The molecular weight excluding hydrogens is 256 g/mol. The molecule has 1 aromatic carbocycles. The molecule has 0 fully saturated rings. The first-order valence-electron chi connectivity index (χ1n) is 5.36. The second kappa shape index (κ2) is 6.03. The Morgan fingerprint density at radius 3 is 2.56 bits per heavy atom. The fraction of sp³-hybridized carbons (Fsp3) is 0.455. The first kappa shape index (κ1) is 14.7. The Balaban J connectivity index is 2.88. The van der Waals surface area contributed by atoms with Gasteiger partial charge in [0.1, 0.15) is 5.75 Å². The number of hydrogen-bond donors (Lipinski definition) is 2. The molecule has 1 atom stereocenters. The minimum Gasteiger partial charge on any atom is -0.495 e. The Labute approximate surface area is 107 Å². The molecule has 6 nitrogen and oxygen atoms in total. The van der Waals surface area contributed by atoms with Gasteiger partial charge in [-0.2, -0.15) is 0 Å². The summed E-state index contributed by atoms with van der Waals surface area (Å²) >= 11 is 0. The average Bonchev–Trinajstić information content (AvgIpc) is 2.35. The van der Waals surface area contributed by atoms with E-state index in [2.05, 4.69) is 4.72 Å². The molecule has 18 heavy (non-hydrogen) atoms. The normalized spacial score (nSPS) is 13.3. The number of nitrogen functional groups attached to an aromatic ring is 1. The molecule has 0 amide bonds. The van der Waals surface area contributed by atoms with Gasteiger partial charge < -0.3 is 15.2 Å². The van der Waals surface area contributed by atoms with E-state index >= 15 is 0 Å². The van der Waals surface area contributed by atoms with Gasteiger partial charge >= 0.3 is 0 Å². The van der Waals surface area contributed by atoms with Crippen molar-refractivity contribution in [1.82, 2.24) is 4.72 Å². The molecule has 0 heterocycles. The first-order chi connectivity index (χ1) is 8.40. The van der Waals surface area contributed by atoms with Crippen molar-refractivity contribution in [3.63, 3.8) is 0 Å². The lowest BCUT2D eigenvalue weighted by molar-refractivity contribution is 0.122. The third-order valence-corrected chi connectivity index (χ3v) is 3.90. The monoisotopic (exact) mass is 274 g/mol. The van der Waals surface area contributed by atoms with Gasteiger partial charge in [-0.15, -0.1) is 0 Å². The minimum atomic E-state index is -3.58. The van der Waals surface area contributed by atoms with E-state index in [1.165, 1.54) is 32.4 Å². The molecule has 3 N–H and O–H groups in total. The SMILES string of the molecule is COc1ccc(S(=O)(=O)NCC(C)OC)cc1N. The highest BCUT2D eigenvalue weighted by atomic mass is 32.2. The van der Waals surface area contributed by atoms with Crippen LogP contribution in [-0.4, -0.2) is 35.3 Å². The molecule has 0 aromatic heterocycles. The summed E-state index contributed by atoms with van der Waals surface area (Å²) in [7, 11) is -0.590. The van der Waals surface area contributed by atoms with Crippen LogP contribution in [0, 0.1) is 0 Å². The van der Waals surface area contributed by atoms with Gasteiger partial charge in [-0.05, 0) is 25.1 Å². The summed E-state index contributed by atoms with van der Waals surface area (Å²) in [6.07, 6.45) is -0.199. The molecule has 0 radical (unpaired) electrons. The standard InChI is InChI=1S/C11H18N2O4S/c1-8(16-2)7-13-18(14,15)9-4-5-11(17-3)10(12)6-9/h4-6,8,13H,7,12H2,1-3H3. The maximum absolute atomic E-state index is 11.9. The topological polar surface area (TPSA) is 90.7 Å². The number of anilines is 1. The van der Waals surface area contributed by atoms with Crippen molar-refractivity contribution >= 4 is 15.7 Å². The van der Waals surface area contributed by atoms with Gasteiger partial charge in [-0.25, -0.2) is 13.1 Å². The molecule has 0 saturated carbocycles. The highest BCUT2D eigenvalue weighted by molar-refractivity contribution is 7.89. The Kier molecular flexibility index (Phi) is 4.94. The van der Waals surface area contributed by atoms with E-state index in [-0.39, 0.29) is 23.2 Å². The van der Waals surface area contributed by atoms with Crippen LogP contribution in [-0.2, 0) is 14.8 Å².